The highest BCUT2D eigenvalue weighted by Gasteiger charge is 2.42. The first-order valence-corrected chi connectivity index (χ1v) is 14.3. The molecule has 0 radical (unpaired) electrons. The van der Waals surface area contributed by atoms with Crippen molar-refractivity contribution in [3.63, 3.8) is 0 Å². The van der Waals surface area contributed by atoms with Gasteiger partial charge in [-0.15, -0.1) is 0 Å². The van der Waals surface area contributed by atoms with E-state index in [0.29, 0.717) is 28.7 Å². The fourth-order valence-corrected chi connectivity index (χ4v) is 6.21. The molecule has 0 spiro atoms. The first-order valence-electron chi connectivity index (χ1n) is 12.3. The molecule has 200 valence electrons. The van der Waals surface area contributed by atoms with Crippen molar-refractivity contribution in [3.05, 3.63) is 35.7 Å². The average Bonchev–Trinajstić information content (AvgIpc) is 3.29. The summed E-state index contributed by atoms with van der Waals surface area (Å²) >= 11 is 0. The van der Waals surface area contributed by atoms with Crippen LogP contribution in [0.2, 0.25) is 0 Å². The lowest BCUT2D eigenvalue weighted by atomic mass is 9.96. The van der Waals surface area contributed by atoms with Gasteiger partial charge in [-0.3, -0.25) is 15.0 Å². The summed E-state index contributed by atoms with van der Waals surface area (Å²) in [6.45, 7) is 1.93. The Kier molecular flexibility index (Phi) is 6.77. The number of rotatable bonds is 8. The number of halogens is 3. The zero-order valence-corrected chi connectivity index (χ0v) is 21.5. The van der Waals surface area contributed by atoms with Crippen molar-refractivity contribution in [2.75, 3.05) is 23.4 Å². The summed E-state index contributed by atoms with van der Waals surface area (Å²) in [5.74, 6) is 1.50. The third-order valence-corrected chi connectivity index (χ3v) is 7.81. The van der Waals surface area contributed by atoms with Crippen LogP contribution in [0.15, 0.2) is 24.3 Å². The van der Waals surface area contributed by atoms with Crippen molar-refractivity contribution in [2.45, 2.75) is 69.1 Å². The number of hydrogen-bond acceptors (Lipinski definition) is 8. The molecule has 13 heteroatoms. The molecule has 37 heavy (non-hydrogen) atoms. The Morgan fingerprint density at radius 1 is 1.11 bits per heavy atom. The number of piperidine rings is 1. The van der Waals surface area contributed by atoms with E-state index in [1.807, 2.05) is 24.0 Å². The maximum atomic E-state index is 12.8. The quantitative estimate of drug-likeness (QED) is 0.389. The number of anilines is 3. The number of pyridine rings is 2. The molecule has 0 aliphatic carbocycles. The predicted octanol–water partition coefficient (Wildman–Crippen LogP) is 4.31. The Labute approximate surface area is 213 Å². The van der Waals surface area contributed by atoms with Crippen molar-refractivity contribution in [2.24, 2.45) is 0 Å². The highest BCUT2D eigenvalue weighted by atomic mass is 32.2. The Hall–Kier alpha value is -2.93. The second-order valence-corrected chi connectivity index (χ2v) is 12.3. The molecular weight excluding hydrogens is 507 g/mol. The van der Waals surface area contributed by atoms with Crippen LogP contribution in [0, 0.1) is 6.92 Å². The standard InChI is InChI=1S/C24H30F3N7O2S/c1-14-9-22(33-32-14)30-21-12-20-19(6-3-15(28-20)13-37(2,35)36)23(31-21)29-16-10-17-4-5-18(11-16)34(17)8-7-24(25,26)27/h3,6,9,12,16-18H,4-5,7-8,10-11,13H2,1-2H3,(H3,29,30,31,32,33)/t16?,17-,18+. The van der Waals surface area contributed by atoms with Gasteiger partial charge >= 0.3 is 6.18 Å². The minimum absolute atomic E-state index is 0.0439. The average molecular weight is 538 g/mol. The van der Waals surface area contributed by atoms with E-state index in [9.17, 15) is 21.6 Å². The van der Waals surface area contributed by atoms with Gasteiger partial charge in [0.05, 0.1) is 23.4 Å². The van der Waals surface area contributed by atoms with E-state index in [1.165, 1.54) is 6.26 Å². The van der Waals surface area contributed by atoms with Crippen LogP contribution in [0.4, 0.5) is 30.6 Å². The van der Waals surface area contributed by atoms with E-state index >= 15 is 0 Å². The summed E-state index contributed by atoms with van der Waals surface area (Å²) in [4.78, 5) is 11.4. The van der Waals surface area contributed by atoms with Gasteiger partial charge in [0.1, 0.15) is 11.6 Å². The molecule has 3 atom stereocenters. The SMILES string of the molecule is Cc1cc(Nc2cc3nc(CS(C)(=O)=O)ccc3c(NC3C[C@H]4CC[C@@H](C3)N4CCC(F)(F)F)n2)n[nH]1. The molecular formula is C24H30F3N7O2S. The summed E-state index contributed by atoms with van der Waals surface area (Å²) < 4.78 is 62.1. The van der Waals surface area contributed by atoms with Gasteiger partial charge in [0.15, 0.2) is 15.7 Å². The molecule has 0 saturated carbocycles. The van der Waals surface area contributed by atoms with Gasteiger partial charge in [-0.2, -0.15) is 18.3 Å². The monoisotopic (exact) mass is 537 g/mol. The van der Waals surface area contributed by atoms with E-state index in [0.717, 1.165) is 36.8 Å². The Morgan fingerprint density at radius 2 is 1.84 bits per heavy atom. The zero-order valence-electron chi connectivity index (χ0n) is 20.6. The second-order valence-electron chi connectivity index (χ2n) is 10.2. The molecule has 2 fully saturated rings. The molecule has 2 aliphatic rings. The van der Waals surface area contributed by atoms with Crippen molar-refractivity contribution < 1.29 is 21.6 Å². The maximum absolute atomic E-state index is 12.8. The van der Waals surface area contributed by atoms with E-state index in [2.05, 4.69) is 25.8 Å². The summed E-state index contributed by atoms with van der Waals surface area (Å²) in [6, 6.07) is 7.35. The number of aromatic nitrogens is 4. The molecule has 5 rings (SSSR count). The van der Waals surface area contributed by atoms with Crippen LogP contribution >= 0.6 is 0 Å². The largest absolute Gasteiger partial charge is 0.390 e. The number of alkyl halides is 3. The lowest BCUT2D eigenvalue weighted by molar-refractivity contribution is -0.140. The van der Waals surface area contributed by atoms with Crippen molar-refractivity contribution >= 4 is 38.2 Å². The van der Waals surface area contributed by atoms with E-state index < -0.39 is 22.4 Å². The topological polar surface area (TPSA) is 116 Å². The Bertz CT molecular complexity index is 1380. The van der Waals surface area contributed by atoms with E-state index in [4.69, 9.17) is 4.98 Å². The number of H-pyrrole nitrogens is 1. The Balaban J connectivity index is 1.40. The van der Waals surface area contributed by atoms with Gasteiger partial charge in [0, 0.05) is 54.1 Å². The molecule has 0 amide bonds. The maximum Gasteiger partial charge on any atom is 0.390 e. The first kappa shape index (κ1) is 25.7. The summed E-state index contributed by atoms with van der Waals surface area (Å²) in [6.07, 6.45) is -0.523. The number of aromatic amines is 1. The van der Waals surface area contributed by atoms with Crippen molar-refractivity contribution in [1.29, 1.82) is 0 Å². The van der Waals surface area contributed by atoms with Gasteiger partial charge in [-0.05, 0) is 44.7 Å². The number of fused-ring (bicyclic) bond motifs is 3. The van der Waals surface area contributed by atoms with Crippen LogP contribution in [-0.2, 0) is 15.6 Å². The van der Waals surface area contributed by atoms with E-state index in [1.54, 1.807) is 12.1 Å². The highest BCUT2D eigenvalue weighted by molar-refractivity contribution is 7.89. The van der Waals surface area contributed by atoms with Crippen LogP contribution in [0.25, 0.3) is 10.9 Å². The third-order valence-electron chi connectivity index (χ3n) is 6.99. The predicted molar refractivity (Wildman–Crippen MR) is 136 cm³/mol. The number of nitrogens with zero attached hydrogens (tertiary/aromatic N) is 4. The molecule has 1 unspecified atom stereocenters. The minimum atomic E-state index is -4.15. The summed E-state index contributed by atoms with van der Waals surface area (Å²) in [5, 5.41) is 14.5. The van der Waals surface area contributed by atoms with Crippen molar-refractivity contribution in [3.8, 4) is 0 Å². The fourth-order valence-electron chi connectivity index (χ4n) is 5.51. The van der Waals surface area contributed by atoms with Crippen LogP contribution in [0.3, 0.4) is 0 Å². The summed E-state index contributed by atoms with van der Waals surface area (Å²) in [7, 11) is -3.26. The van der Waals surface area contributed by atoms with Gasteiger partial charge < -0.3 is 10.6 Å². The normalized spacial score (nSPS) is 22.5. The lowest BCUT2D eigenvalue weighted by Crippen LogP contribution is -2.47. The number of aryl methyl sites for hydroxylation is 1. The number of nitrogens with one attached hydrogen (secondary N) is 3. The molecule has 5 heterocycles. The highest BCUT2D eigenvalue weighted by Crippen LogP contribution is 2.38. The number of hydrogen-bond donors (Lipinski definition) is 3. The summed E-state index contributed by atoms with van der Waals surface area (Å²) in [5.41, 5.74) is 1.90. The molecule has 2 bridgehead atoms. The van der Waals surface area contributed by atoms with Crippen molar-refractivity contribution in [1.82, 2.24) is 25.1 Å². The first-order chi connectivity index (χ1) is 17.4. The van der Waals surface area contributed by atoms with Crippen LogP contribution in [0.1, 0.15) is 43.5 Å². The molecule has 3 N–H and O–H groups in total. The van der Waals surface area contributed by atoms with Crippen LogP contribution in [0.5, 0.6) is 0 Å². The smallest absolute Gasteiger partial charge is 0.367 e. The van der Waals surface area contributed by atoms with Crippen LogP contribution in [-0.4, -0.2) is 70.6 Å². The minimum Gasteiger partial charge on any atom is -0.367 e. The van der Waals surface area contributed by atoms with Crippen LogP contribution < -0.4 is 10.6 Å². The van der Waals surface area contributed by atoms with Gasteiger partial charge in [-0.1, -0.05) is 0 Å². The molecule has 2 aliphatic heterocycles. The molecule has 0 aromatic carbocycles. The second kappa shape index (κ2) is 9.75. The fraction of sp³-hybridized carbons (Fsp3) is 0.542. The van der Waals surface area contributed by atoms with Gasteiger partial charge in [-0.25, -0.2) is 13.4 Å². The zero-order chi connectivity index (χ0) is 26.4. The molecule has 9 nitrogen and oxygen atoms in total. The van der Waals surface area contributed by atoms with Gasteiger partial charge in [0.2, 0.25) is 0 Å². The molecule has 2 saturated heterocycles. The molecule has 3 aromatic rings. The van der Waals surface area contributed by atoms with E-state index in [-0.39, 0.29) is 30.4 Å². The third kappa shape index (κ3) is 6.32. The van der Waals surface area contributed by atoms with Gasteiger partial charge in [0.25, 0.3) is 0 Å². The molecule has 3 aromatic heterocycles. The lowest BCUT2D eigenvalue weighted by Gasteiger charge is -2.39. The number of sulfone groups is 1. The Morgan fingerprint density at radius 3 is 2.46 bits per heavy atom.